The van der Waals surface area contributed by atoms with Gasteiger partial charge in [0.05, 0.1) is 13.2 Å². The van der Waals surface area contributed by atoms with E-state index in [-0.39, 0.29) is 0 Å². The maximum Gasteiger partial charge on any atom is 0.466 e. The van der Waals surface area contributed by atoms with Gasteiger partial charge in [0.15, 0.2) is 0 Å². The van der Waals surface area contributed by atoms with E-state index < -0.39 is 16.4 Å². The molecule has 9 heteroatoms. The molecule has 154 valence electrons. The second-order valence-corrected chi connectivity index (χ2v) is 7.97. The highest BCUT2D eigenvalue weighted by Crippen LogP contribution is 2.33. The van der Waals surface area contributed by atoms with Gasteiger partial charge in [0.1, 0.15) is 0 Å². The van der Waals surface area contributed by atoms with Gasteiger partial charge in [-0.1, -0.05) is 78.1 Å². The van der Waals surface area contributed by atoms with Crippen LogP contribution in [0.4, 0.5) is 0 Å². The number of rotatable bonds is 16. The van der Waals surface area contributed by atoms with Gasteiger partial charge in [0, 0.05) is 0 Å². The molecule has 0 aromatic heterocycles. The summed E-state index contributed by atoms with van der Waals surface area (Å²) in [7, 11) is -6.27. The van der Waals surface area contributed by atoms with E-state index in [4.69, 9.17) is 28.3 Å². The minimum absolute atomic E-state index is 0.630. The maximum atomic E-state index is 9.55. The van der Waals surface area contributed by atoms with Crippen LogP contribution in [-0.2, 0) is 13.6 Å². The average molecular weight is 404 g/mol. The summed E-state index contributed by atoms with van der Waals surface area (Å²) < 4.78 is 19.5. The lowest BCUT2D eigenvalue weighted by Crippen LogP contribution is -1.95. The van der Waals surface area contributed by atoms with Crippen LogP contribution in [0.15, 0.2) is 0 Å². The molecule has 0 amide bonds. The van der Waals surface area contributed by atoms with Crippen molar-refractivity contribution in [3.63, 3.8) is 0 Å². The van der Waals surface area contributed by atoms with Crippen molar-refractivity contribution >= 4 is 16.4 Å². The number of unbranched alkanes of at least 4 members (excludes halogenated alkanes) is 10. The molecule has 25 heavy (non-hydrogen) atoms. The Balaban J connectivity index is 0. The molecule has 0 rings (SSSR count). The van der Waals surface area contributed by atoms with Crippen molar-refractivity contribution in [2.24, 2.45) is 0 Å². The summed E-state index contributed by atoms with van der Waals surface area (Å²) in [4.78, 5) is 31.1. The summed E-state index contributed by atoms with van der Waals surface area (Å²) in [5, 5.41) is 0. The van der Waals surface area contributed by atoms with E-state index in [1.807, 2.05) is 0 Å². The molecule has 0 atom stereocenters. The van der Waals surface area contributed by atoms with E-state index in [0.29, 0.717) is 13.2 Å². The number of phosphoric acid groups is 1. The van der Waals surface area contributed by atoms with Crippen molar-refractivity contribution in [2.45, 2.75) is 90.9 Å². The van der Waals surface area contributed by atoms with Crippen LogP contribution in [-0.4, -0.2) is 32.8 Å². The monoisotopic (exact) mass is 404 g/mol. The Bertz CT molecular complexity index is 274. The van der Waals surface area contributed by atoms with Gasteiger partial charge < -0.3 is 28.6 Å². The predicted molar refractivity (Wildman–Crippen MR) is 102 cm³/mol. The molecule has 0 aliphatic heterocycles. The van der Waals surface area contributed by atoms with Crippen molar-refractivity contribution in [3.8, 4) is 0 Å². The maximum absolute atomic E-state index is 9.55. The minimum Gasteiger partial charge on any atom is -0.328 e. The minimum atomic E-state index is -4.64. The summed E-state index contributed by atoms with van der Waals surface area (Å²) in [5.74, 6) is 0. The Labute approximate surface area is 154 Å². The van der Waals surface area contributed by atoms with Crippen LogP contribution in [0.2, 0.25) is 0 Å². The van der Waals surface area contributed by atoms with Gasteiger partial charge in [0.2, 0.25) is 0 Å². The molecule has 0 saturated heterocycles. The molecule has 0 radical (unpaired) electrons. The van der Waals surface area contributed by atoms with E-state index in [9.17, 15) is 4.89 Å². The first-order chi connectivity index (χ1) is 11.8. The molecule has 0 heterocycles. The first-order valence-corrected chi connectivity index (χ1v) is 12.0. The molecule has 7 nitrogen and oxygen atoms in total. The number of hydrogen-bond acceptors (Lipinski definition) is 4. The summed E-state index contributed by atoms with van der Waals surface area (Å²) in [5.41, 5.74) is 0. The first-order valence-electron chi connectivity index (χ1n) is 9.34. The Morgan fingerprint density at radius 2 is 0.960 bits per heavy atom. The van der Waals surface area contributed by atoms with E-state index in [1.165, 1.54) is 64.2 Å². The molecule has 0 aromatic carbocycles. The highest BCUT2D eigenvalue weighted by Gasteiger charge is 2.05. The third-order valence-corrected chi connectivity index (χ3v) is 4.21. The Morgan fingerprint density at radius 3 is 1.28 bits per heavy atom. The molecular weight excluding hydrogens is 366 g/mol. The summed E-state index contributed by atoms with van der Waals surface area (Å²) in [6.07, 6.45) is 14.9. The highest BCUT2D eigenvalue weighted by molar-refractivity contribution is 7.45. The smallest absolute Gasteiger partial charge is 0.328 e. The van der Waals surface area contributed by atoms with E-state index >= 15 is 0 Å². The fourth-order valence-electron chi connectivity index (χ4n) is 2.09. The van der Waals surface area contributed by atoms with Crippen molar-refractivity contribution in [3.05, 3.63) is 0 Å². The fraction of sp³-hybridized carbons (Fsp3) is 1.00. The lowest BCUT2D eigenvalue weighted by atomic mass is 10.1. The third-order valence-electron chi connectivity index (χ3n) is 3.40. The molecule has 4 N–H and O–H groups in total. The average Bonchev–Trinajstić information content (AvgIpc) is 2.51. The zero-order valence-corrected chi connectivity index (χ0v) is 17.6. The zero-order valence-electron chi connectivity index (χ0n) is 15.8. The van der Waals surface area contributed by atoms with Gasteiger partial charge in [-0.2, -0.15) is 0 Å². The molecule has 0 saturated carbocycles. The van der Waals surface area contributed by atoms with Crippen LogP contribution in [0.5, 0.6) is 0 Å². The third kappa shape index (κ3) is 36.2. The van der Waals surface area contributed by atoms with Crippen molar-refractivity contribution in [1.29, 1.82) is 0 Å². The molecule has 0 unspecified atom stereocenters. The lowest BCUT2D eigenvalue weighted by Gasteiger charge is -2.10. The van der Waals surface area contributed by atoms with Gasteiger partial charge in [0.25, 0.3) is 0 Å². The lowest BCUT2D eigenvalue weighted by molar-refractivity contribution is 0.193. The van der Waals surface area contributed by atoms with Crippen LogP contribution >= 0.6 is 16.4 Å². The second-order valence-electron chi connectivity index (χ2n) is 5.95. The predicted octanol–water partition coefficient (Wildman–Crippen LogP) is 5.03. The fourth-order valence-corrected chi connectivity index (χ4v) is 2.73. The van der Waals surface area contributed by atoms with Crippen LogP contribution in [0, 0.1) is 0 Å². The Hall–Kier alpha value is 0.420. The number of hydrogen-bond donors (Lipinski definition) is 4. The summed E-state index contributed by atoms with van der Waals surface area (Å²) in [6, 6.07) is 0. The summed E-state index contributed by atoms with van der Waals surface area (Å²) >= 11 is 0. The van der Waals surface area contributed by atoms with Crippen LogP contribution in [0.25, 0.3) is 0 Å². The molecule has 0 aromatic rings. The van der Waals surface area contributed by atoms with Crippen molar-refractivity contribution in [2.75, 3.05) is 13.2 Å². The zero-order chi connectivity index (χ0) is 19.4. The SMILES string of the molecule is CCCCCCCCOP(O)OCCCCCCCC.O=P(O)(O)O. The standard InChI is InChI=1S/C16H35O3P.H3O4P/c1-3-5-7-9-11-13-15-18-20(17)19-16-14-12-10-8-6-4-2;1-5(2,3)4/h17H,3-16H2,1-2H3;(H3,1,2,3,4). The Kier molecular flexibility index (Phi) is 22.9. The molecule has 0 fully saturated rings. The topological polar surface area (TPSA) is 116 Å². The van der Waals surface area contributed by atoms with Crippen LogP contribution in [0.3, 0.4) is 0 Å². The normalized spacial score (nSPS) is 11.5. The summed E-state index contributed by atoms with van der Waals surface area (Å²) in [6.45, 7) is 5.71. The molecule has 0 aliphatic rings. The van der Waals surface area contributed by atoms with Gasteiger partial charge >= 0.3 is 16.4 Å². The van der Waals surface area contributed by atoms with Crippen LogP contribution < -0.4 is 0 Å². The van der Waals surface area contributed by atoms with Crippen molar-refractivity contribution < 1.29 is 33.2 Å². The van der Waals surface area contributed by atoms with Gasteiger partial charge in [-0.3, -0.25) is 0 Å². The first kappa shape index (κ1) is 27.6. The van der Waals surface area contributed by atoms with Gasteiger partial charge in [-0.05, 0) is 12.8 Å². The quantitative estimate of drug-likeness (QED) is 0.210. The largest absolute Gasteiger partial charge is 0.466 e. The van der Waals surface area contributed by atoms with Gasteiger partial charge in [-0.25, -0.2) is 4.57 Å². The Morgan fingerprint density at radius 1 is 0.680 bits per heavy atom. The molecule has 0 aliphatic carbocycles. The second kappa shape index (κ2) is 20.7. The van der Waals surface area contributed by atoms with Crippen LogP contribution in [0.1, 0.15) is 90.9 Å². The molecule has 0 bridgehead atoms. The van der Waals surface area contributed by atoms with E-state index in [0.717, 1.165) is 12.8 Å². The van der Waals surface area contributed by atoms with Gasteiger partial charge in [-0.15, -0.1) is 0 Å². The molecule has 0 spiro atoms. The van der Waals surface area contributed by atoms with E-state index in [2.05, 4.69) is 13.8 Å². The van der Waals surface area contributed by atoms with E-state index in [1.54, 1.807) is 0 Å². The molecular formula is C16H38O7P2. The van der Waals surface area contributed by atoms with Crippen molar-refractivity contribution in [1.82, 2.24) is 0 Å². The highest BCUT2D eigenvalue weighted by atomic mass is 31.2.